The Morgan fingerprint density at radius 1 is 1.35 bits per heavy atom. The molecule has 0 aliphatic carbocycles. The van der Waals surface area contributed by atoms with Crippen LogP contribution in [0.15, 0.2) is 30.3 Å². The van der Waals surface area contributed by atoms with E-state index < -0.39 is 0 Å². The van der Waals surface area contributed by atoms with E-state index >= 15 is 0 Å². The van der Waals surface area contributed by atoms with Gasteiger partial charge in [0.15, 0.2) is 6.10 Å². The maximum Gasteiger partial charge on any atom is 0.254 e. The molecule has 0 spiro atoms. The minimum atomic E-state index is -0.310. The van der Waals surface area contributed by atoms with Crippen LogP contribution in [0, 0.1) is 0 Å². The molecule has 0 N–H and O–H groups in total. The Kier molecular flexibility index (Phi) is 2.82. The number of β-lactam (4-membered cyclic amide) rings is 1. The van der Waals surface area contributed by atoms with Crippen molar-refractivity contribution in [3.8, 4) is 0 Å². The van der Waals surface area contributed by atoms with Crippen LogP contribution in [0.4, 0.5) is 0 Å². The highest BCUT2D eigenvalue weighted by molar-refractivity contribution is 5.88. The Balaban J connectivity index is 1.58. The normalized spacial score (nSPS) is 27.5. The average molecular weight is 233 g/mol. The molecule has 1 amide bonds. The SMILES string of the molecule is O=C1[C@H](OCc2ccccc2)[C@@H]2COCCN12. The second-order valence-electron chi connectivity index (χ2n) is 4.39. The first-order valence-electron chi connectivity index (χ1n) is 5.90. The second kappa shape index (κ2) is 4.47. The molecule has 2 atom stereocenters. The summed E-state index contributed by atoms with van der Waals surface area (Å²) in [7, 11) is 0. The van der Waals surface area contributed by atoms with Crippen molar-refractivity contribution in [2.24, 2.45) is 0 Å². The van der Waals surface area contributed by atoms with Crippen molar-refractivity contribution in [3.63, 3.8) is 0 Å². The fourth-order valence-electron chi connectivity index (χ4n) is 2.34. The molecule has 0 unspecified atom stereocenters. The standard InChI is InChI=1S/C13H15NO3/c15-13-12(11-9-16-7-6-14(11)13)17-8-10-4-2-1-3-5-10/h1-5,11-12H,6-9H2/t11-,12+/m0/s1. The van der Waals surface area contributed by atoms with Gasteiger partial charge in [-0.15, -0.1) is 0 Å². The van der Waals surface area contributed by atoms with Crippen molar-refractivity contribution in [2.75, 3.05) is 19.8 Å². The monoisotopic (exact) mass is 233 g/mol. The van der Waals surface area contributed by atoms with E-state index in [1.165, 1.54) is 0 Å². The van der Waals surface area contributed by atoms with Gasteiger partial charge in [-0.05, 0) is 5.56 Å². The third-order valence-corrected chi connectivity index (χ3v) is 3.31. The van der Waals surface area contributed by atoms with Gasteiger partial charge in [0, 0.05) is 6.54 Å². The zero-order chi connectivity index (χ0) is 11.7. The lowest BCUT2D eigenvalue weighted by atomic mass is 9.97. The Labute approximate surface area is 100 Å². The molecule has 2 aliphatic rings. The molecule has 2 aliphatic heterocycles. The van der Waals surface area contributed by atoms with Gasteiger partial charge in [-0.1, -0.05) is 30.3 Å². The lowest BCUT2D eigenvalue weighted by Gasteiger charge is -2.48. The molecule has 0 radical (unpaired) electrons. The summed E-state index contributed by atoms with van der Waals surface area (Å²) >= 11 is 0. The van der Waals surface area contributed by atoms with E-state index in [2.05, 4.69) is 0 Å². The number of nitrogens with zero attached hydrogens (tertiary/aromatic N) is 1. The maximum atomic E-state index is 11.8. The van der Waals surface area contributed by atoms with E-state index in [1.54, 1.807) is 0 Å². The molecule has 2 fully saturated rings. The maximum absolute atomic E-state index is 11.8. The van der Waals surface area contributed by atoms with Gasteiger partial charge in [0.05, 0.1) is 25.9 Å². The smallest absolute Gasteiger partial charge is 0.254 e. The number of morpholine rings is 1. The minimum absolute atomic E-state index is 0.106. The Bertz CT molecular complexity index is 406. The zero-order valence-electron chi connectivity index (χ0n) is 9.54. The molecule has 0 aromatic heterocycles. The van der Waals surface area contributed by atoms with Gasteiger partial charge >= 0.3 is 0 Å². The van der Waals surface area contributed by atoms with E-state index in [4.69, 9.17) is 9.47 Å². The summed E-state index contributed by atoms with van der Waals surface area (Å²) in [5.41, 5.74) is 1.09. The topological polar surface area (TPSA) is 38.8 Å². The lowest BCUT2D eigenvalue weighted by Crippen LogP contribution is -2.69. The van der Waals surface area contributed by atoms with Crippen LogP contribution in [0.25, 0.3) is 0 Å². The van der Waals surface area contributed by atoms with Gasteiger partial charge in [-0.25, -0.2) is 0 Å². The Morgan fingerprint density at radius 2 is 2.18 bits per heavy atom. The summed E-state index contributed by atoms with van der Waals surface area (Å²) in [4.78, 5) is 13.6. The van der Waals surface area contributed by atoms with Crippen LogP contribution in [0.3, 0.4) is 0 Å². The first-order valence-corrected chi connectivity index (χ1v) is 5.90. The summed E-state index contributed by atoms with van der Waals surface area (Å²) < 4.78 is 11.0. The number of fused-ring (bicyclic) bond motifs is 1. The van der Waals surface area contributed by atoms with Crippen LogP contribution in [-0.4, -0.2) is 42.7 Å². The molecular formula is C13H15NO3. The highest BCUT2D eigenvalue weighted by Gasteiger charge is 2.49. The van der Waals surface area contributed by atoms with Crippen molar-refractivity contribution in [3.05, 3.63) is 35.9 Å². The van der Waals surface area contributed by atoms with Crippen LogP contribution >= 0.6 is 0 Å². The van der Waals surface area contributed by atoms with E-state index in [1.807, 2.05) is 35.2 Å². The minimum Gasteiger partial charge on any atom is -0.377 e. The first-order chi connectivity index (χ1) is 8.36. The largest absolute Gasteiger partial charge is 0.377 e. The predicted molar refractivity (Wildman–Crippen MR) is 61.3 cm³/mol. The van der Waals surface area contributed by atoms with Gasteiger partial charge in [0.2, 0.25) is 0 Å². The average Bonchev–Trinajstić information content (AvgIpc) is 2.40. The molecule has 90 valence electrons. The number of rotatable bonds is 3. The van der Waals surface area contributed by atoms with Crippen molar-refractivity contribution < 1.29 is 14.3 Å². The highest BCUT2D eigenvalue weighted by Crippen LogP contribution is 2.26. The van der Waals surface area contributed by atoms with Gasteiger partial charge < -0.3 is 14.4 Å². The molecule has 2 saturated heterocycles. The Morgan fingerprint density at radius 3 is 3.00 bits per heavy atom. The number of hydrogen-bond acceptors (Lipinski definition) is 3. The molecule has 17 heavy (non-hydrogen) atoms. The fraction of sp³-hybridized carbons (Fsp3) is 0.462. The van der Waals surface area contributed by atoms with Crippen molar-refractivity contribution in [1.29, 1.82) is 0 Å². The van der Waals surface area contributed by atoms with E-state index in [0.717, 1.165) is 5.56 Å². The van der Waals surface area contributed by atoms with Crippen LogP contribution in [0.5, 0.6) is 0 Å². The van der Waals surface area contributed by atoms with Crippen LogP contribution in [-0.2, 0) is 20.9 Å². The van der Waals surface area contributed by atoms with Crippen LogP contribution < -0.4 is 0 Å². The number of carbonyl (C=O) groups is 1. The lowest BCUT2D eigenvalue weighted by molar-refractivity contribution is -0.192. The summed E-state index contributed by atoms with van der Waals surface area (Å²) in [6, 6.07) is 10.0. The molecular weight excluding hydrogens is 218 g/mol. The van der Waals surface area contributed by atoms with Gasteiger partial charge in [-0.2, -0.15) is 0 Å². The number of ether oxygens (including phenoxy) is 2. The van der Waals surface area contributed by atoms with Gasteiger partial charge in [0.1, 0.15) is 0 Å². The Hall–Kier alpha value is -1.39. The van der Waals surface area contributed by atoms with Crippen molar-refractivity contribution in [2.45, 2.75) is 18.8 Å². The molecule has 1 aromatic rings. The first kappa shape index (κ1) is 10.7. The van der Waals surface area contributed by atoms with Crippen molar-refractivity contribution in [1.82, 2.24) is 4.90 Å². The van der Waals surface area contributed by atoms with Crippen LogP contribution in [0.1, 0.15) is 5.56 Å². The molecule has 3 rings (SSSR count). The fourth-order valence-corrected chi connectivity index (χ4v) is 2.34. The van der Waals surface area contributed by atoms with E-state index in [0.29, 0.717) is 26.4 Å². The highest BCUT2D eigenvalue weighted by atomic mass is 16.5. The molecule has 0 saturated carbocycles. The molecule has 2 heterocycles. The number of amides is 1. The third-order valence-electron chi connectivity index (χ3n) is 3.31. The predicted octanol–water partition coefficient (Wildman–Crippen LogP) is 0.813. The number of benzene rings is 1. The number of carbonyl (C=O) groups excluding carboxylic acids is 1. The summed E-state index contributed by atoms with van der Waals surface area (Å²) in [5, 5.41) is 0. The van der Waals surface area contributed by atoms with E-state index in [-0.39, 0.29) is 18.1 Å². The van der Waals surface area contributed by atoms with Crippen molar-refractivity contribution >= 4 is 5.91 Å². The molecule has 4 heteroatoms. The molecule has 1 aromatic carbocycles. The third kappa shape index (κ3) is 1.94. The number of hydrogen-bond donors (Lipinski definition) is 0. The second-order valence-corrected chi connectivity index (χ2v) is 4.39. The molecule has 4 nitrogen and oxygen atoms in total. The molecule has 0 bridgehead atoms. The van der Waals surface area contributed by atoms with Gasteiger partial charge in [-0.3, -0.25) is 4.79 Å². The summed E-state index contributed by atoms with van der Waals surface area (Å²) in [5.74, 6) is 0.106. The van der Waals surface area contributed by atoms with E-state index in [9.17, 15) is 4.79 Å². The van der Waals surface area contributed by atoms with Crippen LogP contribution in [0.2, 0.25) is 0 Å². The van der Waals surface area contributed by atoms with Gasteiger partial charge in [0.25, 0.3) is 5.91 Å². The summed E-state index contributed by atoms with van der Waals surface area (Å²) in [6.07, 6.45) is -0.310. The zero-order valence-corrected chi connectivity index (χ0v) is 9.54. The quantitative estimate of drug-likeness (QED) is 0.725. The summed E-state index contributed by atoms with van der Waals surface area (Å²) in [6.45, 7) is 2.44.